The van der Waals surface area contributed by atoms with Gasteiger partial charge in [-0.05, 0) is 47.7 Å². The summed E-state index contributed by atoms with van der Waals surface area (Å²) in [7, 11) is 0. The van der Waals surface area contributed by atoms with Gasteiger partial charge in [0.2, 0.25) is 5.91 Å². The monoisotopic (exact) mass is 362 g/mol. The molecule has 6 heteroatoms. The van der Waals surface area contributed by atoms with Crippen LogP contribution in [-0.4, -0.2) is 26.3 Å². The quantitative estimate of drug-likeness (QED) is 0.541. The summed E-state index contributed by atoms with van der Waals surface area (Å²) >= 11 is 1.38. The van der Waals surface area contributed by atoms with Crippen LogP contribution in [0.3, 0.4) is 0 Å². The highest BCUT2D eigenvalue weighted by Crippen LogP contribution is 2.23. The Morgan fingerprint density at radius 3 is 2.65 bits per heavy atom. The van der Waals surface area contributed by atoms with Crippen molar-refractivity contribution >= 4 is 39.9 Å². The van der Waals surface area contributed by atoms with Crippen LogP contribution in [0.1, 0.15) is 12.5 Å². The zero-order chi connectivity index (χ0) is 17.9. The van der Waals surface area contributed by atoms with Gasteiger partial charge in [-0.1, -0.05) is 49.0 Å². The highest BCUT2D eigenvalue weighted by Gasteiger charge is 2.11. The van der Waals surface area contributed by atoms with Crippen LogP contribution in [0, 0.1) is 0 Å². The Bertz CT molecular complexity index is 1070. The molecule has 0 aliphatic heterocycles. The molecule has 0 aliphatic rings. The van der Waals surface area contributed by atoms with Crippen LogP contribution in [-0.2, 0) is 11.2 Å². The first kappa shape index (κ1) is 16.6. The average Bonchev–Trinajstić information content (AvgIpc) is 3.10. The van der Waals surface area contributed by atoms with Gasteiger partial charge in [-0.3, -0.25) is 9.20 Å². The first-order chi connectivity index (χ1) is 12.7. The van der Waals surface area contributed by atoms with Crippen LogP contribution in [0.15, 0.2) is 65.8 Å². The third-order valence-corrected chi connectivity index (χ3v) is 5.16. The van der Waals surface area contributed by atoms with E-state index < -0.39 is 0 Å². The van der Waals surface area contributed by atoms with Gasteiger partial charge in [-0.25, -0.2) is 0 Å². The SMILES string of the molecule is CCc1ccc(NC(=O)CSc2nnc3ccc4ccccc4n23)cc1. The lowest BCUT2D eigenvalue weighted by Crippen LogP contribution is -2.14. The van der Waals surface area contributed by atoms with Crippen LogP contribution in [0.5, 0.6) is 0 Å². The van der Waals surface area contributed by atoms with Crippen LogP contribution in [0.25, 0.3) is 16.6 Å². The molecule has 0 atom stereocenters. The van der Waals surface area contributed by atoms with Crippen molar-refractivity contribution in [1.82, 2.24) is 14.6 Å². The molecular formula is C20H18N4OS. The van der Waals surface area contributed by atoms with Gasteiger partial charge in [-0.15, -0.1) is 10.2 Å². The minimum atomic E-state index is -0.0590. The first-order valence-corrected chi connectivity index (χ1v) is 9.47. The maximum atomic E-state index is 12.3. The molecule has 0 bridgehead atoms. The smallest absolute Gasteiger partial charge is 0.234 e. The summed E-state index contributed by atoms with van der Waals surface area (Å²) in [6.45, 7) is 2.11. The number of pyridine rings is 1. The summed E-state index contributed by atoms with van der Waals surface area (Å²) in [6, 6.07) is 20.0. The van der Waals surface area contributed by atoms with Crippen molar-refractivity contribution in [2.45, 2.75) is 18.5 Å². The number of carbonyl (C=O) groups is 1. The Hall–Kier alpha value is -2.86. The van der Waals surface area contributed by atoms with Crippen molar-refractivity contribution in [2.24, 2.45) is 0 Å². The second-order valence-corrected chi connectivity index (χ2v) is 6.90. The van der Waals surface area contributed by atoms with Crippen molar-refractivity contribution in [3.8, 4) is 0 Å². The summed E-state index contributed by atoms with van der Waals surface area (Å²) in [5.41, 5.74) is 3.87. The number of nitrogens with zero attached hydrogens (tertiary/aromatic N) is 3. The molecule has 0 unspecified atom stereocenters. The molecule has 0 saturated carbocycles. The molecule has 2 aromatic heterocycles. The Morgan fingerprint density at radius 1 is 1.04 bits per heavy atom. The fourth-order valence-electron chi connectivity index (χ4n) is 2.86. The van der Waals surface area contributed by atoms with Gasteiger partial charge in [0, 0.05) is 5.69 Å². The molecule has 4 aromatic rings. The lowest BCUT2D eigenvalue weighted by Gasteiger charge is -2.06. The third kappa shape index (κ3) is 3.28. The van der Waals surface area contributed by atoms with Gasteiger partial charge in [0.25, 0.3) is 0 Å². The minimum absolute atomic E-state index is 0.0590. The molecule has 1 amide bonds. The predicted molar refractivity (Wildman–Crippen MR) is 106 cm³/mol. The van der Waals surface area contributed by atoms with E-state index in [4.69, 9.17) is 0 Å². The Labute approximate surface area is 155 Å². The van der Waals surface area contributed by atoms with E-state index in [1.165, 1.54) is 17.3 Å². The van der Waals surface area contributed by atoms with Crippen LogP contribution in [0.2, 0.25) is 0 Å². The number of fused-ring (bicyclic) bond motifs is 3. The molecule has 0 fully saturated rings. The number of aryl methyl sites for hydroxylation is 1. The lowest BCUT2D eigenvalue weighted by molar-refractivity contribution is -0.113. The van der Waals surface area contributed by atoms with E-state index in [2.05, 4.69) is 28.5 Å². The summed E-state index contributed by atoms with van der Waals surface area (Å²) in [5, 5.41) is 13.2. The topological polar surface area (TPSA) is 59.3 Å². The number of thioether (sulfide) groups is 1. The van der Waals surface area contributed by atoms with Gasteiger partial charge in [0.1, 0.15) is 0 Å². The normalized spacial score (nSPS) is 11.1. The van der Waals surface area contributed by atoms with Gasteiger partial charge in [-0.2, -0.15) is 0 Å². The highest BCUT2D eigenvalue weighted by atomic mass is 32.2. The number of hydrogen-bond acceptors (Lipinski definition) is 4. The average molecular weight is 362 g/mol. The Morgan fingerprint density at radius 2 is 1.85 bits per heavy atom. The molecule has 130 valence electrons. The number of amides is 1. The second kappa shape index (κ2) is 7.17. The molecule has 2 aromatic carbocycles. The van der Waals surface area contributed by atoms with E-state index in [9.17, 15) is 4.79 Å². The molecule has 0 saturated heterocycles. The van der Waals surface area contributed by atoms with E-state index in [0.717, 1.165) is 28.7 Å². The van der Waals surface area contributed by atoms with Crippen molar-refractivity contribution in [3.05, 3.63) is 66.2 Å². The maximum Gasteiger partial charge on any atom is 0.234 e. The molecule has 5 nitrogen and oxygen atoms in total. The molecule has 0 spiro atoms. The van der Waals surface area contributed by atoms with E-state index in [1.54, 1.807) is 0 Å². The molecular weight excluding hydrogens is 344 g/mol. The van der Waals surface area contributed by atoms with E-state index >= 15 is 0 Å². The highest BCUT2D eigenvalue weighted by molar-refractivity contribution is 7.99. The standard InChI is InChI=1S/C20H18N4OS/c1-2-14-7-10-16(11-8-14)21-19(25)13-26-20-23-22-18-12-9-15-5-3-4-6-17(15)24(18)20/h3-12H,2,13H2,1H3,(H,21,25). The summed E-state index contributed by atoms with van der Waals surface area (Å²) in [5.74, 6) is 0.218. The van der Waals surface area contributed by atoms with Crippen LogP contribution >= 0.6 is 11.8 Å². The molecule has 0 radical (unpaired) electrons. The number of hydrogen-bond donors (Lipinski definition) is 1. The maximum absolute atomic E-state index is 12.3. The van der Waals surface area contributed by atoms with Crippen molar-refractivity contribution < 1.29 is 4.79 Å². The number of nitrogens with one attached hydrogen (secondary N) is 1. The molecule has 4 rings (SSSR count). The van der Waals surface area contributed by atoms with Crippen molar-refractivity contribution in [1.29, 1.82) is 0 Å². The molecule has 26 heavy (non-hydrogen) atoms. The Balaban J connectivity index is 1.50. The zero-order valence-electron chi connectivity index (χ0n) is 14.3. The number of para-hydroxylation sites is 1. The number of benzene rings is 2. The number of aromatic nitrogens is 3. The van der Waals surface area contributed by atoms with Gasteiger partial charge < -0.3 is 5.32 Å². The molecule has 0 aliphatic carbocycles. The fraction of sp³-hybridized carbons (Fsp3) is 0.150. The largest absolute Gasteiger partial charge is 0.325 e. The first-order valence-electron chi connectivity index (χ1n) is 8.49. The van der Waals surface area contributed by atoms with Gasteiger partial charge in [0.15, 0.2) is 10.8 Å². The Kier molecular flexibility index (Phi) is 4.58. The van der Waals surface area contributed by atoms with Crippen LogP contribution in [0.4, 0.5) is 5.69 Å². The summed E-state index contributed by atoms with van der Waals surface area (Å²) < 4.78 is 1.99. The molecule has 2 heterocycles. The minimum Gasteiger partial charge on any atom is -0.325 e. The fourth-order valence-corrected chi connectivity index (χ4v) is 3.61. The van der Waals surface area contributed by atoms with Gasteiger partial charge >= 0.3 is 0 Å². The van der Waals surface area contributed by atoms with Crippen molar-refractivity contribution in [3.63, 3.8) is 0 Å². The lowest BCUT2D eigenvalue weighted by atomic mass is 10.1. The zero-order valence-corrected chi connectivity index (χ0v) is 15.2. The molecule has 1 N–H and O–H groups in total. The summed E-state index contributed by atoms with van der Waals surface area (Å²) in [4.78, 5) is 12.3. The van der Waals surface area contributed by atoms with Crippen molar-refractivity contribution in [2.75, 3.05) is 11.1 Å². The van der Waals surface area contributed by atoms with E-state index in [1.807, 2.05) is 59.0 Å². The number of carbonyl (C=O) groups excluding carboxylic acids is 1. The van der Waals surface area contributed by atoms with Gasteiger partial charge in [0.05, 0.1) is 11.3 Å². The number of anilines is 1. The number of rotatable bonds is 5. The third-order valence-electron chi connectivity index (χ3n) is 4.23. The predicted octanol–water partition coefficient (Wildman–Crippen LogP) is 4.18. The van der Waals surface area contributed by atoms with Crippen LogP contribution < -0.4 is 5.32 Å². The van der Waals surface area contributed by atoms with E-state index in [-0.39, 0.29) is 11.7 Å². The second-order valence-electron chi connectivity index (χ2n) is 5.96. The van der Waals surface area contributed by atoms with E-state index in [0.29, 0.717) is 5.16 Å². The summed E-state index contributed by atoms with van der Waals surface area (Å²) in [6.07, 6.45) is 0.984.